The van der Waals surface area contributed by atoms with E-state index in [1.165, 1.54) is 6.20 Å². The van der Waals surface area contributed by atoms with Crippen molar-refractivity contribution in [1.82, 2.24) is 4.98 Å². The highest BCUT2D eigenvalue weighted by Gasteiger charge is 2.25. The number of pyridine rings is 1. The molecule has 72 valence electrons. The fourth-order valence-electron chi connectivity index (χ4n) is 1.76. The molecule has 1 aliphatic rings. The van der Waals surface area contributed by atoms with Crippen LogP contribution in [-0.4, -0.2) is 16.8 Å². The summed E-state index contributed by atoms with van der Waals surface area (Å²) in [5.74, 6) is -0.180. The van der Waals surface area contributed by atoms with Gasteiger partial charge < -0.3 is 0 Å². The summed E-state index contributed by atoms with van der Waals surface area (Å²) in [6, 6.07) is 1.13. The number of hydrogen-bond donors (Lipinski definition) is 0. The second-order valence-corrected chi connectivity index (χ2v) is 3.41. The predicted molar refractivity (Wildman–Crippen MR) is 51.1 cm³/mol. The fourth-order valence-corrected chi connectivity index (χ4v) is 1.76. The molecule has 1 unspecified atom stereocenters. The van der Waals surface area contributed by atoms with Gasteiger partial charge in [-0.3, -0.25) is 9.78 Å². The second kappa shape index (κ2) is 3.65. The highest BCUT2D eigenvalue weighted by molar-refractivity contribution is 6.01. The molecule has 2 rings (SSSR count). The SMILES string of the molecule is O=NC1CCCc2ccncc2C1=O. The molecule has 0 spiro atoms. The first-order valence-electron chi connectivity index (χ1n) is 4.62. The zero-order valence-corrected chi connectivity index (χ0v) is 7.64. The number of nitroso groups, excluding NO2 is 1. The van der Waals surface area contributed by atoms with Gasteiger partial charge in [0.25, 0.3) is 0 Å². The maximum Gasteiger partial charge on any atom is 0.192 e. The quantitative estimate of drug-likeness (QED) is 0.500. The van der Waals surface area contributed by atoms with Gasteiger partial charge >= 0.3 is 0 Å². The van der Waals surface area contributed by atoms with Crippen LogP contribution in [-0.2, 0) is 6.42 Å². The van der Waals surface area contributed by atoms with Crippen LogP contribution in [0.5, 0.6) is 0 Å². The Kier molecular flexibility index (Phi) is 2.35. The number of hydrogen-bond acceptors (Lipinski definition) is 4. The van der Waals surface area contributed by atoms with Crippen LogP contribution < -0.4 is 0 Å². The van der Waals surface area contributed by atoms with Gasteiger partial charge in [-0.05, 0) is 30.9 Å². The molecule has 0 bridgehead atoms. The lowest BCUT2D eigenvalue weighted by molar-refractivity contribution is 0.0959. The lowest BCUT2D eigenvalue weighted by Crippen LogP contribution is -2.17. The Labute approximate surface area is 81.3 Å². The Bertz CT molecular complexity index is 376. The number of aryl methyl sites for hydroxylation is 1. The first kappa shape index (κ1) is 8.99. The van der Waals surface area contributed by atoms with Gasteiger partial charge in [0.15, 0.2) is 11.8 Å². The summed E-state index contributed by atoms with van der Waals surface area (Å²) in [5.41, 5.74) is 1.55. The van der Waals surface area contributed by atoms with E-state index in [1.54, 1.807) is 6.20 Å². The average Bonchev–Trinajstić information content (AvgIpc) is 2.39. The normalized spacial score (nSPS) is 21.1. The van der Waals surface area contributed by atoms with Gasteiger partial charge in [-0.2, -0.15) is 4.91 Å². The van der Waals surface area contributed by atoms with Crippen molar-refractivity contribution in [3.05, 3.63) is 34.5 Å². The van der Waals surface area contributed by atoms with Crippen LogP contribution in [0.4, 0.5) is 0 Å². The summed E-state index contributed by atoms with van der Waals surface area (Å²) in [6.07, 6.45) is 5.41. The van der Waals surface area contributed by atoms with E-state index in [4.69, 9.17) is 0 Å². The van der Waals surface area contributed by atoms with Crippen molar-refractivity contribution < 1.29 is 4.79 Å². The number of fused-ring (bicyclic) bond motifs is 1. The van der Waals surface area contributed by atoms with Gasteiger partial charge in [-0.15, -0.1) is 0 Å². The molecule has 0 fully saturated rings. The van der Waals surface area contributed by atoms with Gasteiger partial charge in [-0.25, -0.2) is 0 Å². The van der Waals surface area contributed by atoms with Crippen LogP contribution in [0, 0.1) is 4.91 Å². The Morgan fingerprint density at radius 3 is 3.14 bits per heavy atom. The summed E-state index contributed by atoms with van der Waals surface area (Å²) in [6.45, 7) is 0. The number of ketones is 1. The van der Waals surface area contributed by atoms with Crippen molar-refractivity contribution in [3.8, 4) is 0 Å². The minimum atomic E-state index is -0.708. The average molecular weight is 190 g/mol. The molecule has 4 nitrogen and oxygen atoms in total. The third-order valence-electron chi connectivity index (χ3n) is 2.53. The summed E-state index contributed by atoms with van der Waals surface area (Å²) >= 11 is 0. The number of aromatic nitrogens is 1. The number of carbonyl (C=O) groups is 1. The number of nitrogens with zero attached hydrogens (tertiary/aromatic N) is 2. The van der Waals surface area contributed by atoms with Crippen LogP contribution in [0.2, 0.25) is 0 Å². The lowest BCUT2D eigenvalue weighted by atomic mass is 10.0. The first-order valence-corrected chi connectivity index (χ1v) is 4.62. The summed E-state index contributed by atoms with van der Waals surface area (Å²) in [4.78, 5) is 26.1. The molecule has 0 radical (unpaired) electrons. The van der Waals surface area contributed by atoms with Crippen molar-refractivity contribution in [2.45, 2.75) is 25.3 Å². The van der Waals surface area contributed by atoms with Crippen molar-refractivity contribution in [1.29, 1.82) is 0 Å². The van der Waals surface area contributed by atoms with E-state index in [0.29, 0.717) is 12.0 Å². The molecule has 4 heteroatoms. The highest BCUT2D eigenvalue weighted by Crippen LogP contribution is 2.21. The van der Waals surface area contributed by atoms with Gasteiger partial charge in [0.05, 0.1) is 0 Å². The molecule has 1 heterocycles. The highest BCUT2D eigenvalue weighted by atomic mass is 16.3. The number of carbonyl (C=O) groups excluding carboxylic acids is 1. The molecule has 1 aromatic heterocycles. The molecular formula is C10H10N2O2. The van der Waals surface area contributed by atoms with E-state index in [9.17, 15) is 9.70 Å². The molecule has 0 N–H and O–H groups in total. The van der Waals surface area contributed by atoms with E-state index in [2.05, 4.69) is 10.2 Å². The van der Waals surface area contributed by atoms with Crippen LogP contribution in [0.1, 0.15) is 28.8 Å². The Morgan fingerprint density at radius 1 is 1.50 bits per heavy atom. The molecule has 0 saturated carbocycles. The van der Waals surface area contributed by atoms with Crippen molar-refractivity contribution >= 4 is 5.78 Å². The molecule has 0 aliphatic heterocycles. The van der Waals surface area contributed by atoms with Crippen molar-refractivity contribution in [2.75, 3.05) is 0 Å². The van der Waals surface area contributed by atoms with E-state index < -0.39 is 6.04 Å². The van der Waals surface area contributed by atoms with E-state index >= 15 is 0 Å². The topological polar surface area (TPSA) is 59.4 Å². The van der Waals surface area contributed by atoms with Crippen LogP contribution in [0.3, 0.4) is 0 Å². The van der Waals surface area contributed by atoms with Crippen LogP contribution >= 0.6 is 0 Å². The van der Waals surface area contributed by atoms with Crippen LogP contribution in [0.25, 0.3) is 0 Å². The van der Waals surface area contributed by atoms with Crippen LogP contribution in [0.15, 0.2) is 23.6 Å². The smallest absolute Gasteiger partial charge is 0.192 e. The second-order valence-electron chi connectivity index (χ2n) is 3.41. The molecule has 1 aromatic rings. The Balaban J connectivity index is 2.44. The standard InChI is InChI=1S/C10H10N2O2/c13-10-8-6-11-5-4-7(8)2-1-3-9(10)12-14/h4-6,9H,1-3H2. The molecule has 14 heavy (non-hydrogen) atoms. The molecule has 0 amide bonds. The lowest BCUT2D eigenvalue weighted by Gasteiger charge is -2.03. The van der Waals surface area contributed by atoms with E-state index in [-0.39, 0.29) is 5.78 Å². The summed E-state index contributed by atoms with van der Waals surface area (Å²) < 4.78 is 0. The van der Waals surface area contributed by atoms with Crippen molar-refractivity contribution in [2.24, 2.45) is 5.18 Å². The fraction of sp³-hybridized carbons (Fsp3) is 0.400. The maximum absolute atomic E-state index is 11.7. The van der Waals surface area contributed by atoms with Gasteiger partial charge in [0, 0.05) is 18.0 Å². The third-order valence-corrected chi connectivity index (χ3v) is 2.53. The Hall–Kier alpha value is -1.58. The molecule has 1 aliphatic carbocycles. The molecule has 0 saturated heterocycles. The van der Waals surface area contributed by atoms with E-state index in [0.717, 1.165) is 18.4 Å². The van der Waals surface area contributed by atoms with E-state index in [1.807, 2.05) is 6.07 Å². The largest absolute Gasteiger partial charge is 0.292 e. The van der Waals surface area contributed by atoms with Gasteiger partial charge in [0.1, 0.15) is 0 Å². The molecule has 1 atom stereocenters. The number of rotatable bonds is 1. The molecular weight excluding hydrogens is 180 g/mol. The van der Waals surface area contributed by atoms with Gasteiger partial charge in [-0.1, -0.05) is 5.18 Å². The minimum Gasteiger partial charge on any atom is -0.292 e. The number of Topliss-reactive ketones (excluding diaryl/α,β-unsaturated/α-hetero) is 1. The molecule has 0 aromatic carbocycles. The zero-order chi connectivity index (χ0) is 9.97. The van der Waals surface area contributed by atoms with Gasteiger partial charge in [0.2, 0.25) is 0 Å². The monoisotopic (exact) mass is 190 g/mol. The summed E-state index contributed by atoms with van der Waals surface area (Å²) in [5, 5.41) is 2.86. The Morgan fingerprint density at radius 2 is 2.36 bits per heavy atom. The van der Waals surface area contributed by atoms with Crippen molar-refractivity contribution in [3.63, 3.8) is 0 Å². The third kappa shape index (κ3) is 1.43. The predicted octanol–water partition coefficient (Wildman–Crippen LogP) is 1.74. The maximum atomic E-state index is 11.7. The summed E-state index contributed by atoms with van der Waals surface area (Å²) in [7, 11) is 0. The minimum absolute atomic E-state index is 0.180. The first-order chi connectivity index (χ1) is 6.83. The zero-order valence-electron chi connectivity index (χ0n) is 7.64.